The van der Waals surface area contributed by atoms with Crippen LogP contribution in [0.25, 0.3) is 0 Å². The molecule has 0 N–H and O–H groups in total. The minimum Gasteiger partial charge on any atom is -0.477 e. The normalized spacial score (nSPS) is 18.1. The second-order valence-electron chi connectivity index (χ2n) is 3.29. The molecule has 2 rings (SSSR count). The summed E-state index contributed by atoms with van der Waals surface area (Å²) in [7, 11) is 0. The molecule has 0 fully saturated rings. The molecular formula is C11H11BrO3. The Morgan fingerprint density at radius 3 is 3.13 bits per heavy atom. The monoisotopic (exact) mass is 270 g/mol. The molecule has 1 unspecified atom stereocenters. The van der Waals surface area contributed by atoms with Crippen LogP contribution in [0.15, 0.2) is 22.7 Å². The number of hydrogen-bond acceptors (Lipinski definition) is 3. The van der Waals surface area contributed by atoms with Crippen molar-refractivity contribution < 1.29 is 14.3 Å². The van der Waals surface area contributed by atoms with Gasteiger partial charge in [-0.05, 0) is 34.5 Å². The van der Waals surface area contributed by atoms with E-state index in [9.17, 15) is 4.79 Å². The molecule has 0 bridgehead atoms. The van der Waals surface area contributed by atoms with Crippen LogP contribution in [0, 0.1) is 0 Å². The maximum absolute atomic E-state index is 11.5. The predicted octanol–water partition coefficient (Wildman–Crippen LogP) is 2.32. The van der Waals surface area contributed by atoms with Gasteiger partial charge in [0.15, 0.2) is 6.10 Å². The molecular weight excluding hydrogens is 260 g/mol. The van der Waals surface area contributed by atoms with E-state index in [2.05, 4.69) is 15.9 Å². The number of benzene rings is 1. The molecule has 0 amide bonds. The van der Waals surface area contributed by atoms with Gasteiger partial charge in [0.1, 0.15) is 5.75 Å². The van der Waals surface area contributed by atoms with E-state index in [0.29, 0.717) is 13.0 Å². The summed E-state index contributed by atoms with van der Waals surface area (Å²) in [4.78, 5) is 11.5. The molecule has 1 aliphatic rings. The highest BCUT2D eigenvalue weighted by Gasteiger charge is 2.31. The van der Waals surface area contributed by atoms with Gasteiger partial charge in [-0.3, -0.25) is 0 Å². The van der Waals surface area contributed by atoms with Crippen LogP contribution in [-0.4, -0.2) is 18.7 Å². The Kier molecular flexibility index (Phi) is 2.95. The third-order valence-corrected chi connectivity index (χ3v) is 2.89. The number of carbonyl (C=O) groups excluding carboxylic acids is 1. The van der Waals surface area contributed by atoms with Crippen molar-refractivity contribution in [2.24, 2.45) is 0 Å². The third-order valence-electron chi connectivity index (χ3n) is 2.26. The molecule has 3 nitrogen and oxygen atoms in total. The molecule has 0 aliphatic carbocycles. The van der Waals surface area contributed by atoms with Crippen LogP contribution in [0.4, 0.5) is 0 Å². The van der Waals surface area contributed by atoms with E-state index in [1.54, 1.807) is 6.92 Å². The summed E-state index contributed by atoms with van der Waals surface area (Å²) in [6, 6.07) is 5.78. The second kappa shape index (κ2) is 4.23. The fourth-order valence-corrected chi connectivity index (χ4v) is 2.10. The molecule has 0 saturated carbocycles. The Balaban J connectivity index is 2.15. The van der Waals surface area contributed by atoms with Gasteiger partial charge in [0.05, 0.1) is 11.1 Å². The number of fused-ring (bicyclic) bond motifs is 1. The van der Waals surface area contributed by atoms with Crippen LogP contribution in [-0.2, 0) is 16.0 Å². The maximum atomic E-state index is 11.5. The molecule has 80 valence electrons. The van der Waals surface area contributed by atoms with Gasteiger partial charge in [-0.2, -0.15) is 0 Å². The molecule has 4 heteroatoms. The Bertz CT molecular complexity index is 389. The second-order valence-corrected chi connectivity index (χ2v) is 4.15. The van der Waals surface area contributed by atoms with Gasteiger partial charge in [-0.1, -0.05) is 12.1 Å². The van der Waals surface area contributed by atoms with Crippen molar-refractivity contribution >= 4 is 21.9 Å². The summed E-state index contributed by atoms with van der Waals surface area (Å²) in [6.07, 6.45) is 0.104. The summed E-state index contributed by atoms with van der Waals surface area (Å²) >= 11 is 3.39. The summed E-state index contributed by atoms with van der Waals surface area (Å²) in [5, 5.41) is 0. The minimum atomic E-state index is -0.487. The van der Waals surface area contributed by atoms with Crippen LogP contribution in [0.1, 0.15) is 12.5 Å². The smallest absolute Gasteiger partial charge is 0.347 e. The average molecular weight is 271 g/mol. The fourth-order valence-electron chi connectivity index (χ4n) is 1.60. The first kappa shape index (κ1) is 10.5. The highest BCUT2D eigenvalue weighted by Crippen LogP contribution is 2.36. The Hall–Kier alpha value is -1.03. The average Bonchev–Trinajstić information content (AvgIpc) is 2.63. The molecule has 15 heavy (non-hydrogen) atoms. The molecule has 0 aromatic heterocycles. The molecule has 0 spiro atoms. The van der Waals surface area contributed by atoms with Crippen LogP contribution in [0.5, 0.6) is 5.75 Å². The highest BCUT2D eigenvalue weighted by molar-refractivity contribution is 9.10. The zero-order valence-electron chi connectivity index (χ0n) is 8.33. The number of ether oxygens (including phenoxy) is 2. The first-order chi connectivity index (χ1) is 7.22. The van der Waals surface area contributed by atoms with E-state index in [1.807, 2.05) is 18.2 Å². The molecule has 0 radical (unpaired) electrons. The third kappa shape index (κ3) is 2.00. The molecule has 1 aromatic carbocycles. The zero-order chi connectivity index (χ0) is 10.8. The number of hydrogen-bond donors (Lipinski definition) is 0. The zero-order valence-corrected chi connectivity index (χ0v) is 9.91. The predicted molar refractivity (Wildman–Crippen MR) is 58.9 cm³/mol. The van der Waals surface area contributed by atoms with Gasteiger partial charge in [0, 0.05) is 6.42 Å². The van der Waals surface area contributed by atoms with Gasteiger partial charge in [0.25, 0.3) is 0 Å². The lowest BCUT2D eigenvalue weighted by Crippen LogP contribution is -2.27. The standard InChI is InChI=1S/C11H11BrO3/c1-2-14-11(13)9-6-7-4-3-5-8(12)10(7)15-9/h3-5,9H,2,6H2,1H3. The lowest BCUT2D eigenvalue weighted by Gasteiger charge is -2.09. The van der Waals surface area contributed by atoms with Gasteiger partial charge in [0.2, 0.25) is 0 Å². The van der Waals surface area contributed by atoms with Gasteiger partial charge < -0.3 is 9.47 Å². The number of halogens is 1. The fraction of sp³-hybridized carbons (Fsp3) is 0.364. The largest absolute Gasteiger partial charge is 0.477 e. The topological polar surface area (TPSA) is 35.5 Å². The quantitative estimate of drug-likeness (QED) is 0.774. The number of carbonyl (C=O) groups is 1. The first-order valence-electron chi connectivity index (χ1n) is 4.83. The molecule has 1 aromatic rings. The van der Waals surface area contributed by atoms with Crippen molar-refractivity contribution in [2.75, 3.05) is 6.61 Å². The van der Waals surface area contributed by atoms with E-state index < -0.39 is 6.10 Å². The van der Waals surface area contributed by atoms with Crippen LogP contribution in [0.2, 0.25) is 0 Å². The van der Waals surface area contributed by atoms with Crippen LogP contribution in [0.3, 0.4) is 0 Å². The Labute approximate surface area is 96.5 Å². The lowest BCUT2D eigenvalue weighted by atomic mass is 10.1. The number of para-hydroxylation sites is 1. The molecule has 0 saturated heterocycles. The summed E-state index contributed by atoms with van der Waals surface area (Å²) < 4.78 is 11.3. The van der Waals surface area contributed by atoms with E-state index in [0.717, 1.165) is 15.8 Å². The van der Waals surface area contributed by atoms with E-state index in [-0.39, 0.29) is 5.97 Å². The number of esters is 1. The van der Waals surface area contributed by atoms with Crippen molar-refractivity contribution in [3.8, 4) is 5.75 Å². The van der Waals surface area contributed by atoms with Crippen molar-refractivity contribution in [1.82, 2.24) is 0 Å². The van der Waals surface area contributed by atoms with Crippen molar-refractivity contribution in [3.05, 3.63) is 28.2 Å². The summed E-state index contributed by atoms with van der Waals surface area (Å²) in [6.45, 7) is 2.17. The van der Waals surface area contributed by atoms with E-state index in [1.165, 1.54) is 0 Å². The molecule has 1 heterocycles. The van der Waals surface area contributed by atoms with Crippen LogP contribution >= 0.6 is 15.9 Å². The lowest BCUT2D eigenvalue weighted by molar-refractivity contribution is -0.150. The maximum Gasteiger partial charge on any atom is 0.347 e. The first-order valence-corrected chi connectivity index (χ1v) is 5.62. The van der Waals surface area contributed by atoms with E-state index in [4.69, 9.17) is 9.47 Å². The molecule has 1 aliphatic heterocycles. The Morgan fingerprint density at radius 2 is 2.47 bits per heavy atom. The van der Waals surface area contributed by atoms with Gasteiger partial charge >= 0.3 is 5.97 Å². The van der Waals surface area contributed by atoms with Gasteiger partial charge in [-0.15, -0.1) is 0 Å². The van der Waals surface area contributed by atoms with Gasteiger partial charge in [-0.25, -0.2) is 4.79 Å². The summed E-state index contributed by atoms with van der Waals surface area (Å²) in [5.41, 5.74) is 1.04. The van der Waals surface area contributed by atoms with Crippen molar-refractivity contribution in [3.63, 3.8) is 0 Å². The van der Waals surface area contributed by atoms with Crippen molar-refractivity contribution in [1.29, 1.82) is 0 Å². The van der Waals surface area contributed by atoms with Crippen LogP contribution < -0.4 is 4.74 Å². The summed E-state index contributed by atoms with van der Waals surface area (Å²) in [5.74, 6) is 0.469. The highest BCUT2D eigenvalue weighted by atomic mass is 79.9. The SMILES string of the molecule is CCOC(=O)C1Cc2cccc(Br)c2O1. The number of rotatable bonds is 2. The van der Waals surface area contributed by atoms with E-state index >= 15 is 0 Å². The van der Waals surface area contributed by atoms with Crippen molar-refractivity contribution in [2.45, 2.75) is 19.4 Å². The molecule has 1 atom stereocenters. The Morgan fingerprint density at radius 1 is 1.67 bits per heavy atom. The minimum absolute atomic E-state index is 0.291.